The lowest BCUT2D eigenvalue weighted by molar-refractivity contribution is -0.113. The van der Waals surface area contributed by atoms with Crippen LogP contribution in [0, 0.1) is 0 Å². The van der Waals surface area contributed by atoms with E-state index in [4.69, 9.17) is 9.72 Å². The van der Waals surface area contributed by atoms with Crippen LogP contribution in [0.5, 0.6) is 5.75 Å². The summed E-state index contributed by atoms with van der Waals surface area (Å²) in [6.07, 6.45) is 0.826. The van der Waals surface area contributed by atoms with Crippen molar-refractivity contribution in [3.05, 3.63) is 88.7 Å². The maximum Gasteiger partial charge on any atom is 0.266 e. The van der Waals surface area contributed by atoms with Crippen molar-refractivity contribution in [2.75, 3.05) is 17.7 Å². The number of benzene rings is 3. The van der Waals surface area contributed by atoms with Crippen molar-refractivity contribution < 1.29 is 9.53 Å². The van der Waals surface area contributed by atoms with E-state index in [1.807, 2.05) is 74.5 Å². The minimum Gasteiger partial charge on any atom is -0.494 e. The number of rotatable bonds is 8. The fourth-order valence-corrected chi connectivity index (χ4v) is 4.37. The van der Waals surface area contributed by atoms with Crippen LogP contribution >= 0.6 is 11.8 Å². The molecule has 4 rings (SSSR count). The van der Waals surface area contributed by atoms with Crippen LogP contribution in [0.15, 0.2) is 82.7 Å². The Morgan fingerprint density at radius 3 is 2.48 bits per heavy atom. The number of carbonyl (C=O) groups excluding carboxylic acids is 1. The lowest BCUT2D eigenvalue weighted by Crippen LogP contribution is -2.23. The molecule has 4 aromatic rings. The summed E-state index contributed by atoms with van der Waals surface area (Å²) in [5.41, 5.74) is 2.97. The molecule has 1 aromatic heterocycles. The average Bonchev–Trinajstić information content (AvgIpc) is 2.84. The van der Waals surface area contributed by atoms with Gasteiger partial charge in [0, 0.05) is 5.69 Å². The molecule has 1 amide bonds. The largest absolute Gasteiger partial charge is 0.494 e. The van der Waals surface area contributed by atoms with Crippen LogP contribution in [0.4, 0.5) is 5.69 Å². The zero-order valence-corrected chi connectivity index (χ0v) is 19.4. The lowest BCUT2D eigenvalue weighted by Gasteiger charge is -2.14. The number of nitrogens with zero attached hydrogens (tertiary/aromatic N) is 2. The number of amides is 1. The zero-order chi connectivity index (χ0) is 23.2. The highest BCUT2D eigenvalue weighted by atomic mass is 32.2. The van der Waals surface area contributed by atoms with Crippen LogP contribution in [-0.4, -0.2) is 27.8 Å². The van der Waals surface area contributed by atoms with Gasteiger partial charge in [0.1, 0.15) is 5.75 Å². The van der Waals surface area contributed by atoms with Crippen molar-refractivity contribution >= 4 is 34.3 Å². The van der Waals surface area contributed by atoms with Gasteiger partial charge in [-0.2, -0.15) is 0 Å². The molecule has 3 aromatic carbocycles. The van der Waals surface area contributed by atoms with E-state index in [0.29, 0.717) is 28.4 Å². The second-order valence-corrected chi connectivity index (χ2v) is 8.27. The molecular formula is C26H25N3O3S. The summed E-state index contributed by atoms with van der Waals surface area (Å²) >= 11 is 1.23. The Labute approximate surface area is 196 Å². The number of hydrogen-bond acceptors (Lipinski definition) is 5. The number of hydrogen-bond donors (Lipinski definition) is 1. The third-order valence-electron chi connectivity index (χ3n) is 5.16. The van der Waals surface area contributed by atoms with Gasteiger partial charge in [0.25, 0.3) is 5.56 Å². The van der Waals surface area contributed by atoms with Gasteiger partial charge in [0.05, 0.1) is 29.0 Å². The third kappa shape index (κ3) is 5.09. The summed E-state index contributed by atoms with van der Waals surface area (Å²) in [6, 6.07) is 22.3. The van der Waals surface area contributed by atoms with Crippen LogP contribution in [-0.2, 0) is 11.2 Å². The number of aromatic nitrogens is 2. The highest BCUT2D eigenvalue weighted by molar-refractivity contribution is 7.99. The number of thioether (sulfide) groups is 1. The molecule has 6 nitrogen and oxygen atoms in total. The van der Waals surface area contributed by atoms with E-state index >= 15 is 0 Å². The molecule has 168 valence electrons. The summed E-state index contributed by atoms with van der Waals surface area (Å²) in [5, 5.41) is 3.96. The SMILES string of the molecule is CCOc1ccc(-n2c(SCC(=O)Nc3ccccc3CC)nc3ccccc3c2=O)cc1. The minimum absolute atomic E-state index is 0.125. The molecule has 0 aliphatic heterocycles. The van der Waals surface area contributed by atoms with Gasteiger partial charge in [-0.05, 0) is 61.4 Å². The minimum atomic E-state index is -0.177. The van der Waals surface area contributed by atoms with E-state index in [9.17, 15) is 9.59 Å². The molecule has 0 spiro atoms. The van der Waals surface area contributed by atoms with Gasteiger partial charge in [-0.15, -0.1) is 0 Å². The molecular weight excluding hydrogens is 434 g/mol. The molecule has 0 radical (unpaired) electrons. The summed E-state index contributed by atoms with van der Waals surface area (Å²) in [5.74, 6) is 0.701. The van der Waals surface area contributed by atoms with E-state index in [-0.39, 0.29) is 17.2 Å². The van der Waals surface area contributed by atoms with Crippen LogP contribution in [0.25, 0.3) is 16.6 Å². The first kappa shape index (κ1) is 22.6. The first-order valence-electron chi connectivity index (χ1n) is 10.9. The Morgan fingerprint density at radius 1 is 1.00 bits per heavy atom. The quantitative estimate of drug-likeness (QED) is 0.294. The Hall–Kier alpha value is -3.58. The van der Waals surface area contributed by atoms with Crippen LogP contribution in [0.2, 0.25) is 0 Å². The molecule has 0 aliphatic rings. The van der Waals surface area contributed by atoms with Crippen LogP contribution in [0.1, 0.15) is 19.4 Å². The van der Waals surface area contributed by atoms with Crippen molar-refractivity contribution in [1.82, 2.24) is 9.55 Å². The highest BCUT2D eigenvalue weighted by Gasteiger charge is 2.15. The average molecular weight is 460 g/mol. The van der Waals surface area contributed by atoms with Crippen LogP contribution in [0.3, 0.4) is 0 Å². The summed E-state index contributed by atoms with van der Waals surface area (Å²) in [4.78, 5) is 30.8. The molecule has 0 saturated carbocycles. The van der Waals surface area contributed by atoms with E-state index in [0.717, 1.165) is 23.4 Å². The number of aryl methyl sites for hydroxylation is 1. The third-order valence-corrected chi connectivity index (χ3v) is 6.09. The molecule has 1 heterocycles. The first-order chi connectivity index (χ1) is 16.1. The fraction of sp³-hybridized carbons (Fsp3) is 0.192. The van der Waals surface area contributed by atoms with Gasteiger partial charge >= 0.3 is 0 Å². The van der Waals surface area contributed by atoms with E-state index in [2.05, 4.69) is 5.32 Å². The van der Waals surface area contributed by atoms with E-state index in [1.54, 1.807) is 16.7 Å². The Bertz CT molecular complexity index is 1330. The van der Waals surface area contributed by atoms with Crippen molar-refractivity contribution in [3.8, 4) is 11.4 Å². The van der Waals surface area contributed by atoms with Gasteiger partial charge in [0.2, 0.25) is 5.91 Å². The second-order valence-electron chi connectivity index (χ2n) is 7.33. The lowest BCUT2D eigenvalue weighted by atomic mass is 10.1. The molecule has 0 fully saturated rings. The smallest absolute Gasteiger partial charge is 0.266 e. The Balaban J connectivity index is 1.65. The Kier molecular flexibility index (Phi) is 7.10. The van der Waals surface area contributed by atoms with Gasteiger partial charge in [-0.3, -0.25) is 14.2 Å². The van der Waals surface area contributed by atoms with E-state index < -0.39 is 0 Å². The monoisotopic (exact) mass is 459 g/mol. The molecule has 0 saturated heterocycles. The summed E-state index contributed by atoms with van der Waals surface area (Å²) in [7, 11) is 0. The predicted octanol–water partition coefficient (Wildman–Crippen LogP) is 5.08. The fourth-order valence-electron chi connectivity index (χ4n) is 3.56. The molecule has 0 bridgehead atoms. The molecule has 0 unspecified atom stereocenters. The second kappa shape index (κ2) is 10.4. The van der Waals surface area contributed by atoms with Crippen molar-refractivity contribution in [2.45, 2.75) is 25.4 Å². The van der Waals surface area contributed by atoms with Crippen molar-refractivity contribution in [2.24, 2.45) is 0 Å². The first-order valence-corrected chi connectivity index (χ1v) is 11.8. The topological polar surface area (TPSA) is 73.2 Å². The highest BCUT2D eigenvalue weighted by Crippen LogP contribution is 2.24. The van der Waals surface area contributed by atoms with Crippen molar-refractivity contribution in [1.29, 1.82) is 0 Å². The van der Waals surface area contributed by atoms with Crippen LogP contribution < -0.4 is 15.6 Å². The number of nitrogens with one attached hydrogen (secondary N) is 1. The van der Waals surface area contributed by atoms with Gasteiger partial charge in [-0.25, -0.2) is 4.98 Å². The number of anilines is 1. The molecule has 7 heteroatoms. The van der Waals surface area contributed by atoms with E-state index in [1.165, 1.54) is 11.8 Å². The summed E-state index contributed by atoms with van der Waals surface area (Å²) < 4.78 is 7.07. The standard InChI is InChI=1S/C26H25N3O3S/c1-3-18-9-5-7-11-22(18)27-24(30)17-33-26-28-23-12-8-6-10-21(23)25(31)29(26)19-13-15-20(16-14-19)32-4-2/h5-16H,3-4,17H2,1-2H3,(H,27,30). The Morgan fingerprint density at radius 2 is 1.73 bits per heavy atom. The number of ether oxygens (including phenoxy) is 1. The van der Waals surface area contributed by atoms with Gasteiger partial charge in [0.15, 0.2) is 5.16 Å². The normalized spacial score (nSPS) is 10.8. The number of para-hydroxylation sites is 2. The predicted molar refractivity (Wildman–Crippen MR) is 134 cm³/mol. The molecule has 0 aliphatic carbocycles. The zero-order valence-electron chi connectivity index (χ0n) is 18.6. The summed E-state index contributed by atoms with van der Waals surface area (Å²) in [6.45, 7) is 4.53. The van der Waals surface area contributed by atoms with Gasteiger partial charge in [-0.1, -0.05) is 49.0 Å². The molecule has 33 heavy (non-hydrogen) atoms. The maximum atomic E-state index is 13.4. The number of carbonyl (C=O) groups is 1. The van der Waals surface area contributed by atoms with Crippen molar-refractivity contribution in [3.63, 3.8) is 0 Å². The van der Waals surface area contributed by atoms with Gasteiger partial charge < -0.3 is 10.1 Å². The molecule has 1 N–H and O–H groups in total. The molecule has 0 atom stereocenters. The number of fused-ring (bicyclic) bond motifs is 1. The maximum absolute atomic E-state index is 13.4.